The average Bonchev–Trinajstić information content (AvgIpc) is 2.64. The highest BCUT2D eigenvalue weighted by molar-refractivity contribution is 9.10. The van der Waals surface area contributed by atoms with E-state index in [4.69, 9.17) is 11.6 Å². The molecule has 1 fully saturated rings. The molecule has 0 spiro atoms. The Bertz CT molecular complexity index is 259. The predicted molar refractivity (Wildman–Crippen MR) is 50.7 cm³/mol. The van der Waals surface area contributed by atoms with Crippen molar-refractivity contribution < 1.29 is 0 Å². The van der Waals surface area contributed by atoms with E-state index in [1.54, 1.807) is 0 Å². The molecule has 1 aliphatic carbocycles. The average molecular weight is 231 g/mol. The minimum Gasteiger partial charge on any atom is -0.0843 e. The minimum absolute atomic E-state index is 0.814. The molecule has 1 aromatic carbocycles. The number of rotatable bonds is 1. The van der Waals surface area contributed by atoms with Crippen LogP contribution in [0.3, 0.4) is 0 Å². The molecule has 0 N–H and O–H groups in total. The molecule has 0 amide bonds. The number of hydrogen-bond donors (Lipinski definition) is 0. The van der Waals surface area contributed by atoms with Gasteiger partial charge in [-0.3, -0.25) is 0 Å². The fourth-order valence-corrected chi connectivity index (χ4v) is 1.97. The Hall–Kier alpha value is -0.0100. The molecule has 0 saturated heterocycles. The van der Waals surface area contributed by atoms with E-state index in [-0.39, 0.29) is 0 Å². The highest BCUT2D eigenvalue weighted by Gasteiger charge is 2.24. The topological polar surface area (TPSA) is 0 Å². The summed E-state index contributed by atoms with van der Waals surface area (Å²) < 4.78 is 1.07. The van der Waals surface area contributed by atoms with Crippen LogP contribution >= 0.6 is 27.5 Å². The molecule has 11 heavy (non-hydrogen) atoms. The summed E-state index contributed by atoms with van der Waals surface area (Å²) >= 11 is 9.29. The van der Waals surface area contributed by atoms with Gasteiger partial charge >= 0.3 is 0 Å². The monoisotopic (exact) mass is 229 g/mol. The van der Waals surface area contributed by atoms with E-state index in [9.17, 15) is 0 Å². The number of hydrogen-bond acceptors (Lipinski definition) is 0. The smallest absolute Gasteiger partial charge is 0.0420 e. The third kappa shape index (κ3) is 1.77. The summed E-state index contributed by atoms with van der Waals surface area (Å²) in [6.07, 6.45) is 2.49. The van der Waals surface area contributed by atoms with E-state index in [1.807, 2.05) is 12.1 Å². The molecule has 2 rings (SSSR count). The van der Waals surface area contributed by atoms with Gasteiger partial charge in [0.15, 0.2) is 0 Å². The first-order valence-electron chi connectivity index (χ1n) is 3.57. The van der Waals surface area contributed by atoms with Gasteiger partial charge in [-0.2, -0.15) is 0 Å². The zero-order valence-electron chi connectivity index (χ0n) is 5.90. The Kier molecular flexibility index (Phi) is 1.94. The molecule has 1 saturated carbocycles. The highest BCUT2D eigenvalue weighted by Crippen LogP contribution is 2.40. The lowest BCUT2D eigenvalue weighted by molar-refractivity contribution is 1.40. The van der Waals surface area contributed by atoms with Gasteiger partial charge in [-0.05, 0) is 36.6 Å². The van der Waals surface area contributed by atoms with Crippen LogP contribution in [0.15, 0.2) is 22.7 Å². The van der Waals surface area contributed by atoms with Crippen molar-refractivity contribution in [2.24, 2.45) is 0 Å². The van der Waals surface area contributed by atoms with Crippen LogP contribution in [-0.2, 0) is 0 Å². The zero-order chi connectivity index (χ0) is 7.84. The summed E-state index contributed by atoms with van der Waals surface area (Å²) in [7, 11) is 0. The van der Waals surface area contributed by atoms with Crippen LogP contribution < -0.4 is 0 Å². The van der Waals surface area contributed by atoms with Crippen molar-refractivity contribution in [2.75, 3.05) is 0 Å². The summed E-state index contributed by atoms with van der Waals surface area (Å²) in [5.41, 5.74) is 1.30. The van der Waals surface area contributed by atoms with Crippen molar-refractivity contribution in [2.45, 2.75) is 12.8 Å². The fourth-order valence-electron chi connectivity index (χ4n) is 1.11. The first-order chi connectivity index (χ1) is 5.25. The molecule has 0 nitrogen and oxygen atoms in total. The zero-order valence-corrected chi connectivity index (χ0v) is 8.24. The van der Waals surface area contributed by atoms with Crippen molar-refractivity contribution in [3.05, 3.63) is 39.2 Å². The van der Waals surface area contributed by atoms with Gasteiger partial charge in [-0.15, -0.1) is 0 Å². The summed E-state index contributed by atoms with van der Waals surface area (Å²) in [4.78, 5) is 0. The van der Waals surface area contributed by atoms with Crippen molar-refractivity contribution in [1.29, 1.82) is 0 Å². The van der Waals surface area contributed by atoms with Crippen LogP contribution in [0.2, 0.25) is 5.02 Å². The molecule has 0 unspecified atom stereocenters. The summed E-state index contributed by atoms with van der Waals surface area (Å²) in [5, 5.41) is 0.814. The van der Waals surface area contributed by atoms with E-state index < -0.39 is 0 Å². The van der Waals surface area contributed by atoms with Gasteiger partial charge in [-0.25, -0.2) is 0 Å². The molecule has 0 aliphatic heterocycles. The fraction of sp³-hybridized carbons (Fsp3) is 0.222. The van der Waals surface area contributed by atoms with Gasteiger partial charge in [0.1, 0.15) is 0 Å². The van der Waals surface area contributed by atoms with Crippen LogP contribution in [0.1, 0.15) is 18.4 Å². The van der Waals surface area contributed by atoms with Crippen LogP contribution in [0.4, 0.5) is 0 Å². The maximum Gasteiger partial charge on any atom is 0.0420 e. The molecule has 1 radical (unpaired) electrons. The van der Waals surface area contributed by atoms with E-state index >= 15 is 0 Å². The summed E-state index contributed by atoms with van der Waals surface area (Å²) in [6, 6.07) is 6.05. The Labute approximate surface area is 79.7 Å². The van der Waals surface area contributed by atoms with Crippen molar-refractivity contribution in [3.63, 3.8) is 0 Å². The van der Waals surface area contributed by atoms with Crippen LogP contribution in [0, 0.1) is 5.92 Å². The lowest BCUT2D eigenvalue weighted by atomic mass is 10.1. The predicted octanol–water partition coefficient (Wildman–Crippen LogP) is 3.82. The third-order valence-corrected chi connectivity index (χ3v) is 2.45. The van der Waals surface area contributed by atoms with Crippen molar-refractivity contribution in [3.8, 4) is 0 Å². The lowest BCUT2D eigenvalue weighted by Gasteiger charge is -1.98. The number of halogens is 2. The standard InChI is InChI=1S/C9H7BrCl/c10-8-3-7(6-1-2-6)4-9(11)5-8/h3-5H,1-2H2. The molecular weight excluding hydrogens is 223 g/mol. The van der Waals surface area contributed by atoms with E-state index in [0.717, 1.165) is 9.50 Å². The van der Waals surface area contributed by atoms with Gasteiger partial charge in [0.2, 0.25) is 0 Å². The van der Waals surface area contributed by atoms with E-state index in [0.29, 0.717) is 0 Å². The molecule has 2 heteroatoms. The van der Waals surface area contributed by atoms with Gasteiger partial charge in [-0.1, -0.05) is 27.5 Å². The van der Waals surface area contributed by atoms with Crippen LogP contribution in [0.25, 0.3) is 0 Å². The second-order valence-electron chi connectivity index (χ2n) is 2.76. The summed E-state index contributed by atoms with van der Waals surface area (Å²) in [5.74, 6) is 1.52. The summed E-state index contributed by atoms with van der Waals surface area (Å²) in [6.45, 7) is 0. The molecular formula is C9H7BrCl. The third-order valence-electron chi connectivity index (χ3n) is 1.77. The van der Waals surface area contributed by atoms with Gasteiger partial charge in [0.05, 0.1) is 0 Å². The van der Waals surface area contributed by atoms with Crippen molar-refractivity contribution >= 4 is 27.5 Å². The minimum atomic E-state index is 0.814. The van der Waals surface area contributed by atoms with Crippen molar-refractivity contribution in [1.82, 2.24) is 0 Å². The Morgan fingerprint density at radius 3 is 2.45 bits per heavy atom. The Morgan fingerprint density at radius 1 is 1.18 bits per heavy atom. The first-order valence-corrected chi connectivity index (χ1v) is 4.74. The molecule has 1 aliphatic rings. The maximum absolute atomic E-state index is 5.88. The molecule has 0 aromatic heterocycles. The molecule has 0 atom stereocenters. The molecule has 1 aromatic rings. The van der Waals surface area contributed by atoms with Gasteiger partial charge in [0, 0.05) is 15.4 Å². The molecule has 0 heterocycles. The van der Waals surface area contributed by atoms with E-state index in [2.05, 4.69) is 22.0 Å². The molecule has 0 bridgehead atoms. The SMILES string of the molecule is Clc1cc(Br)cc([C]2CC2)c1. The largest absolute Gasteiger partial charge is 0.0843 e. The van der Waals surface area contributed by atoms with Gasteiger partial charge < -0.3 is 0 Å². The van der Waals surface area contributed by atoms with Crippen LogP contribution in [-0.4, -0.2) is 0 Å². The number of benzene rings is 1. The lowest BCUT2D eigenvalue weighted by Crippen LogP contribution is -1.79. The molecule has 57 valence electrons. The maximum atomic E-state index is 5.88. The second kappa shape index (κ2) is 2.80. The normalized spacial score (nSPS) is 16.9. The van der Waals surface area contributed by atoms with E-state index in [1.165, 1.54) is 24.3 Å². The first kappa shape index (κ1) is 7.63. The van der Waals surface area contributed by atoms with Crippen LogP contribution in [0.5, 0.6) is 0 Å². The van der Waals surface area contributed by atoms with Gasteiger partial charge in [0.25, 0.3) is 0 Å². The highest BCUT2D eigenvalue weighted by atomic mass is 79.9. The Morgan fingerprint density at radius 2 is 1.91 bits per heavy atom. The Balaban J connectivity index is 2.39. The quantitative estimate of drug-likeness (QED) is 0.688. The second-order valence-corrected chi connectivity index (χ2v) is 4.11.